The molecule has 0 spiro atoms. The number of aliphatic hydroxyl groups is 1. The highest BCUT2D eigenvalue weighted by Gasteiger charge is 2.62. The van der Waals surface area contributed by atoms with Crippen molar-refractivity contribution >= 4 is 14.0 Å². The number of nitrogens with zero attached hydrogens (tertiary/aromatic N) is 1. The van der Waals surface area contributed by atoms with Gasteiger partial charge in [0.1, 0.15) is 22.9 Å². The van der Waals surface area contributed by atoms with Gasteiger partial charge in [0.2, 0.25) is 13.2 Å². The van der Waals surface area contributed by atoms with Gasteiger partial charge in [-0.05, 0) is 29.8 Å². The molecule has 2 N–H and O–H groups in total. The van der Waals surface area contributed by atoms with Crippen LogP contribution in [-0.2, 0) is 25.9 Å². The molecular formula is C27H26F2NO5P. The van der Waals surface area contributed by atoms with E-state index in [0.29, 0.717) is 11.1 Å². The summed E-state index contributed by atoms with van der Waals surface area (Å²) in [5.41, 5.74) is -2.28. The summed E-state index contributed by atoms with van der Waals surface area (Å²) < 4.78 is 46.8. The second-order valence-corrected chi connectivity index (χ2v) is 10.3. The van der Waals surface area contributed by atoms with Gasteiger partial charge < -0.3 is 14.7 Å². The molecule has 0 aliphatic carbocycles. The zero-order valence-electron chi connectivity index (χ0n) is 20.0. The highest BCUT2D eigenvalue weighted by molar-refractivity contribution is 7.43. The topological polar surface area (TPSA) is 96.7 Å². The molecule has 0 bridgehead atoms. The fraction of sp³-hybridized carbons (Fsp3) is 0.259. The Hall–Kier alpha value is -3.37. The first kappa shape index (κ1) is 27.2. The van der Waals surface area contributed by atoms with E-state index in [2.05, 4.69) is 16.8 Å². The maximum absolute atomic E-state index is 14.8. The zero-order valence-corrected chi connectivity index (χ0v) is 21.0. The molecule has 0 saturated heterocycles. The van der Waals surface area contributed by atoms with Gasteiger partial charge in [0.05, 0.1) is 5.69 Å². The average molecular weight is 513 g/mol. The molecule has 0 amide bonds. The minimum absolute atomic E-state index is 0.140. The molecule has 3 rings (SSSR count). The van der Waals surface area contributed by atoms with Gasteiger partial charge in [0.25, 0.3) is 0 Å². The predicted molar refractivity (Wildman–Crippen MR) is 133 cm³/mol. The second kappa shape index (κ2) is 11.1. The second-order valence-electron chi connectivity index (χ2n) is 8.53. The van der Waals surface area contributed by atoms with Crippen LogP contribution in [0.5, 0.6) is 0 Å². The molecule has 36 heavy (non-hydrogen) atoms. The molecule has 1 heterocycles. The molecule has 3 aromatic rings. The SMILES string of the molecule is CO[PH](=O)C(C#CC(C)C)(C(=O)O)C(O)(Cc1ccc(F)cc1)c1ccc(F)c(-c2ccccc2)n1. The minimum atomic E-state index is -3.62. The van der Waals surface area contributed by atoms with Gasteiger partial charge in [-0.1, -0.05) is 68.2 Å². The molecule has 0 aliphatic rings. The maximum Gasteiger partial charge on any atom is 0.335 e. The van der Waals surface area contributed by atoms with Gasteiger partial charge >= 0.3 is 5.97 Å². The molecule has 6 nitrogen and oxygen atoms in total. The van der Waals surface area contributed by atoms with Crippen molar-refractivity contribution in [1.29, 1.82) is 0 Å². The average Bonchev–Trinajstić information content (AvgIpc) is 2.86. The van der Waals surface area contributed by atoms with E-state index < -0.39 is 42.8 Å². The van der Waals surface area contributed by atoms with Crippen LogP contribution in [0.3, 0.4) is 0 Å². The Morgan fingerprint density at radius 2 is 1.72 bits per heavy atom. The van der Waals surface area contributed by atoms with Crippen LogP contribution in [0.1, 0.15) is 25.1 Å². The van der Waals surface area contributed by atoms with E-state index in [4.69, 9.17) is 4.52 Å². The Kier molecular flexibility index (Phi) is 8.42. The lowest BCUT2D eigenvalue weighted by Crippen LogP contribution is -2.56. The first-order valence-electron chi connectivity index (χ1n) is 11.1. The number of aliphatic carboxylic acids is 1. The summed E-state index contributed by atoms with van der Waals surface area (Å²) in [4.78, 5) is 17.2. The van der Waals surface area contributed by atoms with E-state index in [9.17, 15) is 28.4 Å². The van der Waals surface area contributed by atoms with Crippen molar-refractivity contribution in [2.45, 2.75) is 31.0 Å². The summed E-state index contributed by atoms with van der Waals surface area (Å²) in [6.07, 6.45) is -0.473. The molecule has 0 radical (unpaired) electrons. The van der Waals surface area contributed by atoms with E-state index in [1.807, 2.05) is 0 Å². The largest absolute Gasteiger partial charge is 0.480 e. The smallest absolute Gasteiger partial charge is 0.335 e. The molecule has 3 unspecified atom stereocenters. The lowest BCUT2D eigenvalue weighted by atomic mass is 9.78. The van der Waals surface area contributed by atoms with Gasteiger partial charge in [0.15, 0.2) is 0 Å². The number of rotatable bonds is 8. The van der Waals surface area contributed by atoms with Crippen molar-refractivity contribution in [2.75, 3.05) is 7.11 Å². The first-order valence-corrected chi connectivity index (χ1v) is 12.4. The van der Waals surface area contributed by atoms with E-state index in [0.717, 1.165) is 31.4 Å². The Balaban J connectivity index is 2.39. The number of halogens is 2. The Bertz CT molecular complexity index is 1320. The number of carboxylic acids is 1. The number of benzene rings is 2. The summed E-state index contributed by atoms with van der Waals surface area (Å²) in [6.45, 7) is 3.40. The molecule has 1 aromatic heterocycles. The molecule has 0 fully saturated rings. The van der Waals surface area contributed by atoms with E-state index >= 15 is 0 Å². The number of hydrogen-bond acceptors (Lipinski definition) is 5. The molecule has 0 aliphatic heterocycles. The Morgan fingerprint density at radius 1 is 1.08 bits per heavy atom. The van der Waals surface area contributed by atoms with Crippen molar-refractivity contribution in [1.82, 2.24) is 4.98 Å². The van der Waals surface area contributed by atoms with Gasteiger partial charge in [0, 0.05) is 25.0 Å². The highest BCUT2D eigenvalue weighted by atomic mass is 31.1. The standard InChI is InChI=1S/C27H26F2NO5P/c1-18(2)15-16-27(25(31)32,36(34)35-3)26(33,17-19-9-11-21(28)12-10-19)23-14-13-22(29)24(30-23)20-7-5-4-6-8-20/h4-14,18,33,36H,17H2,1-3H3,(H,31,32). The summed E-state index contributed by atoms with van der Waals surface area (Å²) in [6, 6.07) is 15.5. The number of carboxylic acid groups (broad SMARTS) is 1. The maximum atomic E-state index is 14.8. The van der Waals surface area contributed by atoms with Gasteiger partial charge in [-0.15, -0.1) is 0 Å². The normalized spacial score (nSPS) is 15.3. The van der Waals surface area contributed by atoms with Crippen LogP contribution in [0, 0.1) is 29.4 Å². The summed E-state index contributed by atoms with van der Waals surface area (Å²) in [7, 11) is -2.56. The number of pyridine rings is 1. The van der Waals surface area contributed by atoms with Crippen LogP contribution in [0.4, 0.5) is 8.78 Å². The van der Waals surface area contributed by atoms with Gasteiger partial charge in [-0.25, -0.2) is 18.6 Å². The molecule has 188 valence electrons. The lowest BCUT2D eigenvalue weighted by Gasteiger charge is -2.39. The van der Waals surface area contributed by atoms with Gasteiger partial charge in [-0.3, -0.25) is 4.57 Å². The van der Waals surface area contributed by atoms with Crippen molar-refractivity contribution < 1.29 is 32.9 Å². The first-order chi connectivity index (χ1) is 17.0. The minimum Gasteiger partial charge on any atom is -0.480 e. The fourth-order valence-electron chi connectivity index (χ4n) is 3.83. The molecule has 9 heteroatoms. The summed E-state index contributed by atoms with van der Waals surface area (Å²) >= 11 is 0. The lowest BCUT2D eigenvalue weighted by molar-refractivity contribution is -0.146. The van der Waals surface area contributed by atoms with Crippen LogP contribution in [0.25, 0.3) is 11.3 Å². The van der Waals surface area contributed by atoms with Crippen LogP contribution >= 0.6 is 8.03 Å². The van der Waals surface area contributed by atoms with E-state index in [1.165, 1.54) is 12.1 Å². The number of aromatic nitrogens is 1. The van der Waals surface area contributed by atoms with Crippen LogP contribution in [-0.4, -0.2) is 33.4 Å². The fourth-order valence-corrected chi connectivity index (χ4v) is 5.04. The third kappa shape index (κ3) is 5.24. The predicted octanol–water partition coefficient (Wildman–Crippen LogP) is 5.06. The summed E-state index contributed by atoms with van der Waals surface area (Å²) in [5, 5.41) is 20.0. The Morgan fingerprint density at radius 3 is 2.28 bits per heavy atom. The molecule has 0 saturated carbocycles. The van der Waals surface area contributed by atoms with Crippen LogP contribution in [0.2, 0.25) is 0 Å². The quantitative estimate of drug-likeness (QED) is 0.323. The zero-order chi connectivity index (χ0) is 26.5. The molecular weight excluding hydrogens is 487 g/mol. The summed E-state index contributed by atoms with van der Waals surface area (Å²) in [5.74, 6) is 1.95. The van der Waals surface area contributed by atoms with Crippen molar-refractivity contribution in [2.24, 2.45) is 5.92 Å². The van der Waals surface area contributed by atoms with Crippen molar-refractivity contribution in [3.8, 4) is 23.1 Å². The number of carbonyl (C=O) groups is 1. The molecule has 3 atom stereocenters. The number of hydrogen-bond donors (Lipinski definition) is 2. The monoisotopic (exact) mass is 513 g/mol. The van der Waals surface area contributed by atoms with Gasteiger partial charge in [-0.2, -0.15) is 0 Å². The van der Waals surface area contributed by atoms with Crippen molar-refractivity contribution in [3.05, 3.63) is 89.6 Å². The Labute approximate surface area is 208 Å². The third-order valence-electron chi connectivity index (χ3n) is 5.67. The van der Waals surface area contributed by atoms with E-state index in [-0.39, 0.29) is 17.3 Å². The third-order valence-corrected chi connectivity index (χ3v) is 7.41. The molecule has 2 aromatic carbocycles. The highest BCUT2D eigenvalue weighted by Crippen LogP contribution is 2.53. The van der Waals surface area contributed by atoms with Crippen LogP contribution in [0.15, 0.2) is 66.7 Å². The van der Waals surface area contributed by atoms with Crippen molar-refractivity contribution in [3.63, 3.8) is 0 Å². The van der Waals surface area contributed by atoms with E-state index in [1.54, 1.807) is 44.2 Å². The van der Waals surface area contributed by atoms with Crippen LogP contribution < -0.4 is 0 Å².